The van der Waals surface area contributed by atoms with Crippen LogP contribution in [0.5, 0.6) is 0 Å². The number of hydrogen-bond donors (Lipinski definition) is 2. The molecule has 0 bridgehead atoms. The Morgan fingerprint density at radius 1 is 1.23 bits per heavy atom. The molecule has 1 fully saturated rings. The van der Waals surface area contributed by atoms with E-state index in [-0.39, 0.29) is 17.6 Å². The fourth-order valence-corrected chi connectivity index (χ4v) is 4.77. The first-order chi connectivity index (χ1) is 14.0. The van der Waals surface area contributed by atoms with E-state index >= 15 is 0 Å². The molecule has 2 aliphatic carbocycles. The van der Waals surface area contributed by atoms with Crippen LogP contribution in [0.1, 0.15) is 79.6 Å². The summed E-state index contributed by atoms with van der Waals surface area (Å²) in [6.45, 7) is 13.3. The van der Waals surface area contributed by atoms with Crippen molar-refractivity contribution in [2.75, 3.05) is 26.8 Å². The fourth-order valence-electron chi connectivity index (χ4n) is 4.77. The molecule has 0 aliphatic heterocycles. The largest absolute Gasteiger partial charge is 0.392 e. The van der Waals surface area contributed by atoms with Gasteiger partial charge in [0.25, 0.3) is 0 Å². The van der Waals surface area contributed by atoms with Crippen LogP contribution >= 0.6 is 0 Å². The SMILES string of the molecule is CCCC[C@](C)(O)CC=C[C@@H]1[C@H]2CC(CCOCCN(C)C(C)(C)C)=C[C@H]2C[C@H]1O. The van der Waals surface area contributed by atoms with Crippen LogP contribution in [-0.2, 0) is 4.74 Å². The molecule has 1 saturated carbocycles. The second-order valence-corrected chi connectivity index (χ2v) is 10.9. The molecule has 30 heavy (non-hydrogen) atoms. The summed E-state index contributed by atoms with van der Waals surface area (Å²) in [7, 11) is 2.15. The van der Waals surface area contributed by atoms with Gasteiger partial charge in [0.15, 0.2) is 0 Å². The van der Waals surface area contributed by atoms with Crippen molar-refractivity contribution in [3.05, 3.63) is 23.8 Å². The smallest absolute Gasteiger partial charge is 0.0654 e. The Morgan fingerprint density at radius 3 is 2.63 bits per heavy atom. The van der Waals surface area contributed by atoms with Gasteiger partial charge in [-0.15, -0.1) is 0 Å². The van der Waals surface area contributed by atoms with Crippen molar-refractivity contribution in [1.82, 2.24) is 4.90 Å². The maximum Gasteiger partial charge on any atom is 0.0654 e. The van der Waals surface area contributed by atoms with E-state index < -0.39 is 5.60 Å². The van der Waals surface area contributed by atoms with E-state index in [1.165, 1.54) is 5.57 Å². The van der Waals surface area contributed by atoms with Crippen LogP contribution in [-0.4, -0.2) is 59.2 Å². The summed E-state index contributed by atoms with van der Waals surface area (Å²) >= 11 is 0. The van der Waals surface area contributed by atoms with Gasteiger partial charge >= 0.3 is 0 Å². The summed E-state index contributed by atoms with van der Waals surface area (Å²) in [6.07, 6.45) is 13.1. The van der Waals surface area contributed by atoms with Crippen LogP contribution in [0.15, 0.2) is 23.8 Å². The number of unbranched alkanes of at least 4 members (excludes halogenated alkanes) is 1. The minimum atomic E-state index is -0.632. The van der Waals surface area contributed by atoms with Gasteiger partial charge in [0.05, 0.1) is 24.9 Å². The molecule has 0 amide bonds. The summed E-state index contributed by atoms with van der Waals surface area (Å²) in [5.74, 6) is 1.23. The lowest BCUT2D eigenvalue weighted by molar-refractivity contribution is 0.0513. The molecule has 174 valence electrons. The zero-order valence-electron chi connectivity index (χ0n) is 20.4. The fraction of sp³-hybridized carbons (Fsp3) is 0.846. The van der Waals surface area contributed by atoms with Gasteiger partial charge in [-0.25, -0.2) is 0 Å². The molecule has 5 atom stereocenters. The Morgan fingerprint density at radius 2 is 1.97 bits per heavy atom. The predicted octanol–water partition coefficient (Wildman–Crippen LogP) is 4.95. The van der Waals surface area contributed by atoms with E-state index in [0.717, 1.165) is 58.3 Å². The number of ether oxygens (including phenoxy) is 1. The highest BCUT2D eigenvalue weighted by Crippen LogP contribution is 2.48. The third-order valence-corrected chi connectivity index (χ3v) is 7.22. The number of fused-ring (bicyclic) bond motifs is 1. The minimum absolute atomic E-state index is 0.182. The summed E-state index contributed by atoms with van der Waals surface area (Å²) in [5, 5.41) is 21.0. The maximum absolute atomic E-state index is 10.5. The molecule has 0 unspecified atom stereocenters. The molecule has 2 N–H and O–H groups in total. The number of aliphatic hydroxyl groups excluding tert-OH is 1. The van der Waals surface area contributed by atoms with Gasteiger partial charge in [0, 0.05) is 18.0 Å². The Kier molecular flexibility index (Phi) is 9.60. The van der Waals surface area contributed by atoms with Crippen LogP contribution in [0.3, 0.4) is 0 Å². The van der Waals surface area contributed by atoms with Crippen molar-refractivity contribution in [2.24, 2.45) is 17.8 Å². The summed E-state index contributed by atoms with van der Waals surface area (Å²) in [4.78, 5) is 2.32. The minimum Gasteiger partial charge on any atom is -0.392 e. The Labute approximate surface area is 185 Å². The molecule has 4 heteroatoms. The molecule has 0 radical (unpaired) electrons. The van der Waals surface area contributed by atoms with E-state index in [1.54, 1.807) is 0 Å². The summed E-state index contributed by atoms with van der Waals surface area (Å²) in [6, 6.07) is 0. The molecule has 2 aliphatic rings. The van der Waals surface area contributed by atoms with Gasteiger partial charge in [-0.05, 0) is 78.7 Å². The van der Waals surface area contributed by atoms with Crippen LogP contribution in [0.25, 0.3) is 0 Å². The lowest BCUT2D eigenvalue weighted by Gasteiger charge is -2.31. The molecule has 0 spiro atoms. The van der Waals surface area contributed by atoms with Gasteiger partial charge in [-0.3, -0.25) is 4.90 Å². The van der Waals surface area contributed by atoms with E-state index in [2.05, 4.69) is 57.9 Å². The third-order valence-electron chi connectivity index (χ3n) is 7.22. The molecule has 0 aromatic carbocycles. The molecule has 0 saturated heterocycles. The van der Waals surface area contributed by atoms with Gasteiger partial charge in [0.2, 0.25) is 0 Å². The highest BCUT2D eigenvalue weighted by Gasteiger charge is 2.43. The molecule has 0 aromatic rings. The molecule has 4 nitrogen and oxygen atoms in total. The zero-order chi connectivity index (χ0) is 22.4. The number of aliphatic hydroxyl groups is 2. The molecule has 0 aromatic heterocycles. The lowest BCUT2D eigenvalue weighted by Crippen LogP contribution is -2.40. The number of likely N-dealkylation sites (N-methyl/N-ethyl adjacent to an activating group) is 1. The van der Waals surface area contributed by atoms with Crippen molar-refractivity contribution in [2.45, 2.75) is 96.8 Å². The second kappa shape index (κ2) is 11.3. The Bertz CT molecular complexity index is 575. The van der Waals surface area contributed by atoms with Crippen LogP contribution in [0.2, 0.25) is 0 Å². The van der Waals surface area contributed by atoms with Gasteiger partial charge in [-0.1, -0.05) is 43.6 Å². The number of nitrogens with zero attached hydrogens (tertiary/aromatic N) is 1. The third kappa shape index (κ3) is 7.78. The zero-order valence-corrected chi connectivity index (χ0v) is 20.4. The van der Waals surface area contributed by atoms with Crippen molar-refractivity contribution < 1.29 is 14.9 Å². The van der Waals surface area contributed by atoms with Gasteiger partial charge in [-0.2, -0.15) is 0 Å². The molecule has 0 heterocycles. The standard InChI is InChI=1S/C26H47NO3/c1-7-8-12-26(5,29)13-9-10-22-23-18-20(17-21(23)19-24(22)28)11-15-30-16-14-27(6)25(2,3)4/h9-10,17,21-24,28-29H,7-8,11-16,18-19H2,1-6H3/t21-,22+,23-,24+,26-/m0/s1. The first kappa shape index (κ1) is 25.6. The topological polar surface area (TPSA) is 52.9 Å². The summed E-state index contributed by atoms with van der Waals surface area (Å²) < 4.78 is 5.89. The van der Waals surface area contributed by atoms with E-state index in [0.29, 0.717) is 18.3 Å². The van der Waals surface area contributed by atoms with Crippen LogP contribution in [0, 0.1) is 17.8 Å². The monoisotopic (exact) mass is 421 g/mol. The second-order valence-electron chi connectivity index (χ2n) is 10.9. The van der Waals surface area contributed by atoms with Gasteiger partial charge in [0.1, 0.15) is 0 Å². The first-order valence-corrected chi connectivity index (χ1v) is 12.1. The normalized spacial score (nSPS) is 28.9. The average Bonchev–Trinajstić information content (AvgIpc) is 3.16. The van der Waals surface area contributed by atoms with Crippen molar-refractivity contribution in [1.29, 1.82) is 0 Å². The van der Waals surface area contributed by atoms with Crippen molar-refractivity contribution in [3.63, 3.8) is 0 Å². The van der Waals surface area contributed by atoms with E-state index in [9.17, 15) is 10.2 Å². The van der Waals surface area contributed by atoms with Gasteiger partial charge < -0.3 is 14.9 Å². The number of hydrogen-bond acceptors (Lipinski definition) is 4. The van der Waals surface area contributed by atoms with Crippen molar-refractivity contribution >= 4 is 0 Å². The van der Waals surface area contributed by atoms with Crippen molar-refractivity contribution in [3.8, 4) is 0 Å². The van der Waals surface area contributed by atoms with E-state index in [4.69, 9.17) is 4.74 Å². The molecule has 2 rings (SSSR count). The molecular weight excluding hydrogens is 374 g/mol. The lowest BCUT2D eigenvalue weighted by atomic mass is 9.88. The highest BCUT2D eigenvalue weighted by molar-refractivity contribution is 5.20. The van der Waals surface area contributed by atoms with Crippen LogP contribution in [0.4, 0.5) is 0 Å². The number of rotatable bonds is 12. The highest BCUT2D eigenvalue weighted by atomic mass is 16.5. The summed E-state index contributed by atoms with van der Waals surface area (Å²) in [5.41, 5.74) is 1.04. The van der Waals surface area contributed by atoms with E-state index in [1.807, 2.05) is 6.92 Å². The Balaban J connectivity index is 1.73. The average molecular weight is 422 g/mol. The Hall–Kier alpha value is -0.680. The van der Waals surface area contributed by atoms with Crippen LogP contribution < -0.4 is 0 Å². The first-order valence-electron chi connectivity index (χ1n) is 12.1. The molecular formula is C26H47NO3. The quantitative estimate of drug-likeness (QED) is 0.346. The number of allylic oxidation sites excluding steroid dienone is 1. The maximum atomic E-state index is 10.5. The predicted molar refractivity (Wildman–Crippen MR) is 126 cm³/mol.